The lowest BCUT2D eigenvalue weighted by atomic mass is 10.0. The number of imidazole rings is 1. The highest BCUT2D eigenvalue weighted by atomic mass is 16.5. The predicted octanol–water partition coefficient (Wildman–Crippen LogP) is 3.34. The van der Waals surface area contributed by atoms with Crippen LogP contribution in [0.5, 0.6) is 5.75 Å². The maximum absolute atomic E-state index is 5.51. The average molecular weight is 287 g/mol. The number of nitrogens with one attached hydrogen (secondary N) is 1. The molecule has 1 aromatic heterocycles. The average Bonchev–Trinajstić information content (AvgIpc) is 2.94. The predicted molar refractivity (Wildman–Crippen MR) is 85.9 cm³/mol. The van der Waals surface area contributed by atoms with E-state index in [0.29, 0.717) is 12.0 Å². The molecule has 0 spiro atoms. The number of hydrogen-bond donors (Lipinski definition) is 1. The van der Waals surface area contributed by atoms with Crippen LogP contribution in [-0.2, 0) is 6.54 Å². The summed E-state index contributed by atoms with van der Waals surface area (Å²) in [5.41, 5.74) is 2.44. The SMILES string of the molecule is CNC(C)c1ccc(OC)c(Cn2ccnc2C(C)C)c1. The lowest BCUT2D eigenvalue weighted by Crippen LogP contribution is -2.13. The molecule has 0 saturated heterocycles. The van der Waals surface area contributed by atoms with Gasteiger partial charge in [-0.2, -0.15) is 0 Å². The summed E-state index contributed by atoms with van der Waals surface area (Å²) in [6, 6.07) is 6.69. The summed E-state index contributed by atoms with van der Waals surface area (Å²) in [5.74, 6) is 2.43. The maximum atomic E-state index is 5.51. The molecule has 0 aliphatic heterocycles. The summed E-state index contributed by atoms with van der Waals surface area (Å²) in [4.78, 5) is 4.45. The van der Waals surface area contributed by atoms with Crippen molar-refractivity contribution in [1.82, 2.24) is 14.9 Å². The third kappa shape index (κ3) is 3.45. The zero-order valence-electron chi connectivity index (χ0n) is 13.6. The van der Waals surface area contributed by atoms with Crippen molar-refractivity contribution in [3.63, 3.8) is 0 Å². The molecule has 0 saturated carbocycles. The van der Waals surface area contributed by atoms with Crippen molar-refractivity contribution in [3.05, 3.63) is 47.5 Å². The molecule has 2 aromatic rings. The van der Waals surface area contributed by atoms with Crippen LogP contribution >= 0.6 is 0 Å². The van der Waals surface area contributed by atoms with E-state index >= 15 is 0 Å². The molecule has 0 fully saturated rings. The van der Waals surface area contributed by atoms with Crippen LogP contribution < -0.4 is 10.1 Å². The summed E-state index contributed by atoms with van der Waals surface area (Å²) in [7, 11) is 3.69. The molecule has 4 heteroatoms. The van der Waals surface area contributed by atoms with E-state index in [2.05, 4.69) is 47.8 Å². The van der Waals surface area contributed by atoms with E-state index in [1.165, 1.54) is 11.1 Å². The topological polar surface area (TPSA) is 39.1 Å². The fourth-order valence-corrected chi connectivity index (χ4v) is 2.50. The molecule has 21 heavy (non-hydrogen) atoms. The van der Waals surface area contributed by atoms with Gasteiger partial charge in [0.15, 0.2) is 0 Å². The first-order valence-electron chi connectivity index (χ1n) is 7.42. The van der Waals surface area contributed by atoms with Crippen molar-refractivity contribution < 1.29 is 4.74 Å². The second-order valence-electron chi connectivity index (χ2n) is 5.65. The first-order valence-corrected chi connectivity index (χ1v) is 7.42. The van der Waals surface area contributed by atoms with Crippen LogP contribution in [0, 0.1) is 0 Å². The lowest BCUT2D eigenvalue weighted by molar-refractivity contribution is 0.407. The van der Waals surface area contributed by atoms with Gasteiger partial charge in [-0.05, 0) is 31.7 Å². The van der Waals surface area contributed by atoms with Crippen molar-refractivity contribution in [1.29, 1.82) is 0 Å². The van der Waals surface area contributed by atoms with Crippen LogP contribution in [0.4, 0.5) is 0 Å². The Labute approximate surface area is 127 Å². The molecule has 2 rings (SSSR count). The minimum absolute atomic E-state index is 0.321. The summed E-state index contributed by atoms with van der Waals surface area (Å²) in [6.45, 7) is 7.26. The lowest BCUT2D eigenvalue weighted by Gasteiger charge is -2.17. The molecule has 4 nitrogen and oxygen atoms in total. The number of methoxy groups -OCH3 is 1. The highest BCUT2D eigenvalue weighted by molar-refractivity contribution is 5.38. The van der Waals surface area contributed by atoms with Crippen molar-refractivity contribution in [2.24, 2.45) is 0 Å². The Hall–Kier alpha value is -1.81. The van der Waals surface area contributed by atoms with Crippen molar-refractivity contribution in [2.45, 2.75) is 39.3 Å². The Balaban J connectivity index is 2.35. The normalized spacial score (nSPS) is 12.7. The standard InChI is InChI=1S/C17H25N3O/c1-12(2)17-19-8-9-20(17)11-15-10-14(13(3)18-4)6-7-16(15)21-5/h6-10,12-13,18H,11H2,1-5H3. The molecular formula is C17H25N3O. The van der Waals surface area contributed by atoms with Gasteiger partial charge in [-0.3, -0.25) is 0 Å². The summed E-state index contributed by atoms with van der Waals surface area (Å²) >= 11 is 0. The Morgan fingerprint density at radius 1 is 1.29 bits per heavy atom. The van der Waals surface area contributed by atoms with Gasteiger partial charge in [0, 0.05) is 29.9 Å². The van der Waals surface area contributed by atoms with Crippen LogP contribution in [0.15, 0.2) is 30.6 Å². The number of nitrogens with zero attached hydrogens (tertiary/aromatic N) is 2. The summed E-state index contributed by atoms with van der Waals surface area (Å²) < 4.78 is 7.70. The monoisotopic (exact) mass is 287 g/mol. The molecule has 1 aromatic carbocycles. The maximum Gasteiger partial charge on any atom is 0.123 e. The van der Waals surface area contributed by atoms with Gasteiger partial charge in [0.2, 0.25) is 0 Å². The molecule has 0 aliphatic rings. The molecule has 0 amide bonds. The quantitative estimate of drug-likeness (QED) is 0.885. The number of rotatable bonds is 6. The minimum atomic E-state index is 0.321. The number of benzene rings is 1. The second-order valence-corrected chi connectivity index (χ2v) is 5.65. The second kappa shape index (κ2) is 6.76. The minimum Gasteiger partial charge on any atom is -0.496 e. The smallest absolute Gasteiger partial charge is 0.123 e. The van der Waals surface area contributed by atoms with Gasteiger partial charge >= 0.3 is 0 Å². The first kappa shape index (κ1) is 15.6. The Morgan fingerprint density at radius 3 is 2.67 bits per heavy atom. The molecule has 0 radical (unpaired) electrons. The number of hydrogen-bond acceptors (Lipinski definition) is 3. The highest BCUT2D eigenvalue weighted by Gasteiger charge is 2.12. The van der Waals surface area contributed by atoms with Gasteiger partial charge in [0.05, 0.1) is 13.7 Å². The van der Waals surface area contributed by atoms with Crippen LogP contribution in [0.1, 0.15) is 49.7 Å². The molecule has 1 unspecified atom stereocenters. The van der Waals surface area contributed by atoms with E-state index in [9.17, 15) is 0 Å². The van der Waals surface area contributed by atoms with E-state index in [0.717, 1.165) is 18.1 Å². The summed E-state index contributed by atoms with van der Waals surface area (Å²) in [5, 5.41) is 3.27. The van der Waals surface area contributed by atoms with Crippen molar-refractivity contribution >= 4 is 0 Å². The van der Waals surface area contributed by atoms with E-state index in [-0.39, 0.29) is 0 Å². The largest absolute Gasteiger partial charge is 0.496 e. The van der Waals surface area contributed by atoms with Gasteiger partial charge in [-0.1, -0.05) is 19.9 Å². The molecule has 1 heterocycles. The highest BCUT2D eigenvalue weighted by Crippen LogP contribution is 2.25. The molecule has 114 valence electrons. The zero-order chi connectivity index (χ0) is 15.4. The van der Waals surface area contributed by atoms with Crippen LogP contribution in [0.2, 0.25) is 0 Å². The fraction of sp³-hybridized carbons (Fsp3) is 0.471. The van der Waals surface area contributed by atoms with Crippen molar-refractivity contribution in [2.75, 3.05) is 14.2 Å². The molecular weight excluding hydrogens is 262 g/mol. The van der Waals surface area contributed by atoms with Gasteiger partial charge in [0.1, 0.15) is 11.6 Å². The molecule has 1 atom stereocenters. The van der Waals surface area contributed by atoms with E-state index in [4.69, 9.17) is 4.74 Å². The van der Waals surface area contributed by atoms with Crippen LogP contribution in [-0.4, -0.2) is 23.7 Å². The molecule has 1 N–H and O–H groups in total. The Bertz CT molecular complexity index is 589. The molecule has 0 aliphatic carbocycles. The number of aromatic nitrogens is 2. The van der Waals surface area contributed by atoms with E-state index in [1.54, 1.807) is 7.11 Å². The van der Waals surface area contributed by atoms with Crippen LogP contribution in [0.3, 0.4) is 0 Å². The first-order chi connectivity index (χ1) is 10.1. The van der Waals surface area contributed by atoms with Gasteiger partial charge < -0.3 is 14.6 Å². The summed E-state index contributed by atoms with van der Waals surface area (Å²) in [6.07, 6.45) is 3.89. The molecule has 0 bridgehead atoms. The van der Waals surface area contributed by atoms with E-state index in [1.807, 2.05) is 25.5 Å². The Kier molecular flexibility index (Phi) is 5.02. The fourth-order valence-electron chi connectivity index (χ4n) is 2.50. The van der Waals surface area contributed by atoms with Crippen molar-refractivity contribution in [3.8, 4) is 5.75 Å². The van der Waals surface area contributed by atoms with Gasteiger partial charge in [-0.25, -0.2) is 4.98 Å². The number of ether oxygens (including phenoxy) is 1. The third-order valence-electron chi connectivity index (χ3n) is 3.84. The van der Waals surface area contributed by atoms with Gasteiger partial charge in [0.25, 0.3) is 0 Å². The Morgan fingerprint density at radius 2 is 2.05 bits per heavy atom. The van der Waals surface area contributed by atoms with Gasteiger partial charge in [-0.15, -0.1) is 0 Å². The third-order valence-corrected chi connectivity index (χ3v) is 3.84. The van der Waals surface area contributed by atoms with E-state index < -0.39 is 0 Å². The van der Waals surface area contributed by atoms with Crippen LogP contribution in [0.25, 0.3) is 0 Å². The zero-order valence-corrected chi connectivity index (χ0v) is 13.6.